The number of benzene rings is 1. The van der Waals surface area contributed by atoms with Crippen LogP contribution in [0, 0.1) is 0 Å². The highest BCUT2D eigenvalue weighted by molar-refractivity contribution is 5.94. The molecule has 0 saturated carbocycles. The first-order valence-electron chi connectivity index (χ1n) is 12.7. The smallest absolute Gasteiger partial charge is 0.255 e. The number of H-pyrrole nitrogens is 1. The van der Waals surface area contributed by atoms with Gasteiger partial charge in [-0.25, -0.2) is 0 Å². The first-order chi connectivity index (χ1) is 18.1. The van der Waals surface area contributed by atoms with Crippen LogP contribution in [0.2, 0.25) is 0 Å². The Morgan fingerprint density at radius 1 is 1.14 bits per heavy atom. The van der Waals surface area contributed by atoms with E-state index in [9.17, 15) is 9.90 Å². The summed E-state index contributed by atoms with van der Waals surface area (Å²) >= 11 is 0. The van der Waals surface area contributed by atoms with Crippen LogP contribution in [-0.4, -0.2) is 69.1 Å². The molecule has 190 valence electrons. The van der Waals surface area contributed by atoms with Gasteiger partial charge in [0.25, 0.3) is 5.91 Å². The Bertz CT molecular complexity index is 1400. The predicted octanol–water partition coefficient (Wildman–Crippen LogP) is 3.69. The molecule has 4 aromatic rings. The minimum atomic E-state index is -0.158. The number of aromatic nitrogens is 3. The number of hydrogen-bond acceptors (Lipinski definition) is 6. The van der Waals surface area contributed by atoms with Crippen molar-refractivity contribution in [2.75, 3.05) is 33.4 Å². The van der Waals surface area contributed by atoms with E-state index >= 15 is 0 Å². The number of pyridine rings is 2. The maximum atomic E-state index is 13.2. The number of piperidine rings is 1. The molecule has 3 aromatic heterocycles. The van der Waals surface area contributed by atoms with Crippen molar-refractivity contribution in [1.82, 2.24) is 24.8 Å². The molecule has 1 atom stereocenters. The van der Waals surface area contributed by atoms with Crippen LogP contribution < -0.4 is 4.74 Å². The van der Waals surface area contributed by atoms with E-state index in [2.05, 4.69) is 32.0 Å². The Balaban J connectivity index is 1.39. The lowest BCUT2D eigenvalue weighted by Crippen LogP contribution is -2.54. The van der Waals surface area contributed by atoms with Gasteiger partial charge >= 0.3 is 0 Å². The lowest BCUT2D eigenvalue weighted by atomic mass is 9.68. The fraction of sp³-hybridized carbons (Fsp3) is 0.345. The molecule has 2 aliphatic rings. The van der Waals surface area contributed by atoms with Crippen LogP contribution in [0.3, 0.4) is 0 Å². The maximum Gasteiger partial charge on any atom is 0.255 e. The molecule has 37 heavy (non-hydrogen) atoms. The molecule has 2 N–H and O–H groups in total. The fourth-order valence-electron chi connectivity index (χ4n) is 6.22. The lowest BCUT2D eigenvalue weighted by molar-refractivity contribution is 0.0386. The van der Waals surface area contributed by atoms with Gasteiger partial charge in [-0.3, -0.25) is 19.7 Å². The van der Waals surface area contributed by atoms with E-state index in [1.165, 1.54) is 10.9 Å². The van der Waals surface area contributed by atoms with Gasteiger partial charge in [0.1, 0.15) is 5.75 Å². The quantitative estimate of drug-likeness (QED) is 0.437. The van der Waals surface area contributed by atoms with E-state index in [4.69, 9.17) is 4.74 Å². The first-order valence-corrected chi connectivity index (χ1v) is 12.7. The molecular weight excluding hydrogens is 466 g/mol. The molecular formula is C29H31N5O3. The number of methoxy groups -OCH3 is 1. The van der Waals surface area contributed by atoms with Crippen molar-refractivity contribution < 1.29 is 14.6 Å². The van der Waals surface area contributed by atoms with Crippen molar-refractivity contribution in [3.63, 3.8) is 0 Å². The third kappa shape index (κ3) is 4.16. The standard InChI is InChI=1S/C29H31N5O3/c1-37-22-6-7-23-24(14-22)32-27-25(18-35)34(17-20-4-2-10-30-15-20)19-29(26(23)27)8-12-33(13-9-29)28(36)21-5-3-11-31-16-21/h2-7,10-11,14-16,25,32,35H,8-9,12-13,17-19H2,1H3/t25-/m0/s1. The minimum absolute atomic E-state index is 0.0128. The fourth-order valence-corrected chi connectivity index (χ4v) is 6.22. The molecule has 0 aliphatic carbocycles. The van der Waals surface area contributed by atoms with Crippen LogP contribution in [0.25, 0.3) is 10.9 Å². The number of hydrogen-bond donors (Lipinski definition) is 2. The number of ether oxygens (including phenoxy) is 1. The van der Waals surface area contributed by atoms with Gasteiger partial charge in [-0.05, 0) is 54.3 Å². The highest BCUT2D eigenvalue weighted by atomic mass is 16.5. The molecule has 0 radical (unpaired) electrons. The Morgan fingerprint density at radius 3 is 2.59 bits per heavy atom. The number of amides is 1. The number of nitrogens with one attached hydrogen (secondary N) is 1. The van der Waals surface area contributed by atoms with E-state index in [0.29, 0.717) is 25.2 Å². The van der Waals surface area contributed by atoms with Gasteiger partial charge in [0, 0.05) is 79.0 Å². The molecule has 0 bridgehead atoms. The molecule has 1 aromatic carbocycles. The average Bonchev–Trinajstić information content (AvgIpc) is 3.34. The molecule has 5 heterocycles. The zero-order chi connectivity index (χ0) is 25.4. The molecule has 8 nitrogen and oxygen atoms in total. The molecule has 0 unspecified atom stereocenters. The Labute approximate surface area is 215 Å². The van der Waals surface area contributed by atoms with Crippen molar-refractivity contribution in [3.05, 3.63) is 89.6 Å². The van der Waals surface area contributed by atoms with Crippen molar-refractivity contribution >= 4 is 16.8 Å². The molecule has 1 saturated heterocycles. The predicted molar refractivity (Wildman–Crippen MR) is 140 cm³/mol. The van der Waals surface area contributed by atoms with Crippen LogP contribution in [0.1, 0.15) is 46.1 Å². The number of likely N-dealkylation sites (tertiary alicyclic amines) is 1. The van der Waals surface area contributed by atoms with Gasteiger partial charge < -0.3 is 19.7 Å². The van der Waals surface area contributed by atoms with Crippen LogP contribution in [-0.2, 0) is 12.0 Å². The summed E-state index contributed by atoms with van der Waals surface area (Å²) in [5, 5.41) is 11.7. The summed E-state index contributed by atoms with van der Waals surface area (Å²) in [6.45, 7) is 2.84. The molecule has 1 amide bonds. The second-order valence-electron chi connectivity index (χ2n) is 10.1. The zero-order valence-corrected chi connectivity index (χ0v) is 20.9. The minimum Gasteiger partial charge on any atom is -0.497 e. The van der Waals surface area contributed by atoms with E-state index in [1.54, 1.807) is 31.8 Å². The van der Waals surface area contributed by atoms with Gasteiger partial charge in [0.2, 0.25) is 0 Å². The summed E-state index contributed by atoms with van der Waals surface area (Å²) in [6.07, 6.45) is 8.68. The van der Waals surface area contributed by atoms with E-state index in [-0.39, 0.29) is 24.0 Å². The Morgan fingerprint density at radius 2 is 1.92 bits per heavy atom. The van der Waals surface area contributed by atoms with Crippen LogP contribution >= 0.6 is 0 Å². The second kappa shape index (κ2) is 9.61. The first kappa shape index (κ1) is 23.6. The summed E-state index contributed by atoms with van der Waals surface area (Å²) in [4.78, 5) is 29.6. The SMILES string of the molecule is COc1ccc2c3c([nH]c2c1)[C@H](CO)N(Cc1cccnc1)CC31CCN(C(=O)c2cccnc2)CC1. The van der Waals surface area contributed by atoms with Gasteiger partial charge in [-0.2, -0.15) is 0 Å². The number of fused-ring (bicyclic) bond motifs is 4. The van der Waals surface area contributed by atoms with Crippen molar-refractivity contribution in [2.24, 2.45) is 0 Å². The Hall–Kier alpha value is -3.75. The highest BCUT2D eigenvalue weighted by Gasteiger charge is 2.47. The molecule has 8 heteroatoms. The van der Waals surface area contributed by atoms with E-state index in [0.717, 1.165) is 41.9 Å². The van der Waals surface area contributed by atoms with Crippen LogP contribution in [0.15, 0.2) is 67.3 Å². The summed E-state index contributed by atoms with van der Waals surface area (Å²) < 4.78 is 5.49. The summed E-state index contributed by atoms with van der Waals surface area (Å²) in [7, 11) is 1.67. The monoisotopic (exact) mass is 497 g/mol. The van der Waals surface area contributed by atoms with Gasteiger partial charge in [-0.1, -0.05) is 6.07 Å². The average molecular weight is 498 g/mol. The molecule has 6 rings (SSSR count). The van der Waals surface area contributed by atoms with Gasteiger partial charge in [-0.15, -0.1) is 0 Å². The van der Waals surface area contributed by atoms with Crippen molar-refractivity contribution in [2.45, 2.75) is 30.8 Å². The molecule has 1 spiro atoms. The largest absolute Gasteiger partial charge is 0.497 e. The van der Waals surface area contributed by atoms with Gasteiger partial charge in [0.05, 0.1) is 25.3 Å². The number of carbonyl (C=O) groups excluding carboxylic acids is 1. The van der Waals surface area contributed by atoms with E-state index in [1.807, 2.05) is 35.4 Å². The third-order valence-electron chi connectivity index (χ3n) is 8.04. The normalized spacial score (nSPS) is 19.2. The summed E-state index contributed by atoms with van der Waals surface area (Å²) in [5.41, 5.74) is 4.94. The van der Waals surface area contributed by atoms with Crippen molar-refractivity contribution in [1.29, 1.82) is 0 Å². The second-order valence-corrected chi connectivity index (χ2v) is 10.1. The number of aliphatic hydroxyl groups excluding tert-OH is 1. The maximum absolute atomic E-state index is 13.2. The van der Waals surface area contributed by atoms with Gasteiger partial charge in [0.15, 0.2) is 0 Å². The zero-order valence-electron chi connectivity index (χ0n) is 20.9. The highest BCUT2D eigenvalue weighted by Crippen LogP contribution is 2.49. The number of aromatic amines is 1. The Kier molecular flexibility index (Phi) is 6.14. The number of aliphatic hydroxyl groups is 1. The van der Waals surface area contributed by atoms with Crippen LogP contribution in [0.4, 0.5) is 0 Å². The van der Waals surface area contributed by atoms with Crippen molar-refractivity contribution in [3.8, 4) is 5.75 Å². The number of rotatable bonds is 5. The third-order valence-corrected chi connectivity index (χ3v) is 8.04. The molecule has 1 fully saturated rings. The summed E-state index contributed by atoms with van der Waals surface area (Å²) in [6, 6.07) is 13.7. The number of nitrogens with zero attached hydrogens (tertiary/aromatic N) is 4. The van der Waals surface area contributed by atoms with E-state index < -0.39 is 0 Å². The summed E-state index contributed by atoms with van der Waals surface area (Å²) in [5.74, 6) is 0.827. The molecule has 2 aliphatic heterocycles. The lowest BCUT2D eigenvalue weighted by Gasteiger charge is -2.50. The topological polar surface area (TPSA) is 94.6 Å². The van der Waals surface area contributed by atoms with Crippen LogP contribution in [0.5, 0.6) is 5.75 Å². The number of carbonyl (C=O) groups is 1.